The van der Waals surface area contributed by atoms with E-state index in [4.69, 9.17) is 5.73 Å². The molecule has 1 saturated heterocycles. The van der Waals surface area contributed by atoms with Crippen LogP contribution in [0.2, 0.25) is 0 Å². The Balaban J connectivity index is 2.01. The summed E-state index contributed by atoms with van der Waals surface area (Å²) >= 11 is 0. The second-order valence-corrected chi connectivity index (χ2v) is 6.71. The van der Waals surface area contributed by atoms with Crippen molar-refractivity contribution in [1.82, 2.24) is 4.98 Å². The van der Waals surface area contributed by atoms with Gasteiger partial charge in [0.25, 0.3) is 0 Å². The third kappa shape index (κ3) is 4.20. The van der Waals surface area contributed by atoms with Gasteiger partial charge in [-0.15, -0.1) is 0 Å². The van der Waals surface area contributed by atoms with Crippen molar-refractivity contribution in [2.75, 3.05) is 18.0 Å². The first-order valence-corrected chi connectivity index (χ1v) is 7.42. The van der Waals surface area contributed by atoms with Crippen molar-refractivity contribution in [2.45, 2.75) is 52.5 Å². The number of rotatable bonds is 3. The number of pyridine rings is 1. The molecule has 1 aliphatic heterocycles. The van der Waals surface area contributed by atoms with Crippen LogP contribution in [0.5, 0.6) is 0 Å². The quantitative estimate of drug-likeness (QED) is 0.909. The first kappa shape index (κ1) is 14.3. The highest BCUT2D eigenvalue weighted by atomic mass is 15.2. The molecule has 1 aromatic rings. The Labute approximate surface area is 117 Å². The van der Waals surface area contributed by atoms with Gasteiger partial charge in [-0.3, -0.25) is 0 Å². The van der Waals surface area contributed by atoms with Crippen molar-refractivity contribution in [2.24, 2.45) is 11.1 Å². The molecule has 106 valence electrons. The van der Waals surface area contributed by atoms with E-state index < -0.39 is 0 Å². The normalized spacial score (nSPS) is 20.9. The molecule has 0 bridgehead atoms. The summed E-state index contributed by atoms with van der Waals surface area (Å²) in [5, 5.41) is 0. The highest BCUT2D eigenvalue weighted by molar-refractivity contribution is 5.39. The number of anilines is 1. The molecule has 2 N–H and O–H groups in total. The van der Waals surface area contributed by atoms with Crippen molar-refractivity contribution < 1.29 is 0 Å². The summed E-state index contributed by atoms with van der Waals surface area (Å²) in [6.45, 7) is 9.02. The Morgan fingerprint density at radius 2 is 2.11 bits per heavy atom. The number of hydrogen-bond acceptors (Lipinski definition) is 3. The molecule has 0 spiro atoms. The van der Waals surface area contributed by atoms with E-state index in [1.165, 1.54) is 24.8 Å². The summed E-state index contributed by atoms with van der Waals surface area (Å²) in [5.74, 6) is 1.12. The monoisotopic (exact) mass is 261 g/mol. The molecule has 1 aliphatic rings. The highest BCUT2D eigenvalue weighted by Gasteiger charge is 2.23. The largest absolute Gasteiger partial charge is 0.357 e. The molecule has 19 heavy (non-hydrogen) atoms. The SMILES string of the molecule is CC(N)Cc1ccc(N2CCCC(C)(C)CC2)nc1. The van der Waals surface area contributed by atoms with E-state index >= 15 is 0 Å². The zero-order valence-electron chi connectivity index (χ0n) is 12.5. The first-order chi connectivity index (χ1) is 8.96. The van der Waals surface area contributed by atoms with Crippen molar-refractivity contribution in [3.05, 3.63) is 23.9 Å². The fourth-order valence-electron chi connectivity index (χ4n) is 2.75. The zero-order valence-corrected chi connectivity index (χ0v) is 12.5. The highest BCUT2D eigenvalue weighted by Crippen LogP contribution is 2.31. The molecule has 0 radical (unpaired) electrons. The average molecular weight is 261 g/mol. The third-order valence-corrected chi connectivity index (χ3v) is 4.03. The van der Waals surface area contributed by atoms with Crippen LogP contribution in [0.25, 0.3) is 0 Å². The molecular formula is C16H27N3. The molecule has 0 aromatic carbocycles. The van der Waals surface area contributed by atoms with Gasteiger partial charge in [-0.05, 0) is 49.7 Å². The van der Waals surface area contributed by atoms with Gasteiger partial charge in [-0.25, -0.2) is 4.98 Å². The van der Waals surface area contributed by atoms with Crippen LogP contribution in [0.3, 0.4) is 0 Å². The molecule has 0 amide bonds. The summed E-state index contributed by atoms with van der Waals surface area (Å²) in [4.78, 5) is 7.04. The van der Waals surface area contributed by atoms with Crippen molar-refractivity contribution in [3.8, 4) is 0 Å². The maximum absolute atomic E-state index is 5.82. The summed E-state index contributed by atoms with van der Waals surface area (Å²) < 4.78 is 0. The molecule has 2 heterocycles. The van der Waals surface area contributed by atoms with E-state index in [1.807, 2.05) is 13.1 Å². The summed E-state index contributed by atoms with van der Waals surface area (Å²) in [6.07, 6.45) is 6.70. The van der Waals surface area contributed by atoms with Gasteiger partial charge >= 0.3 is 0 Å². The summed E-state index contributed by atoms with van der Waals surface area (Å²) in [5.41, 5.74) is 7.52. The maximum Gasteiger partial charge on any atom is 0.128 e. The van der Waals surface area contributed by atoms with Gasteiger partial charge < -0.3 is 10.6 Å². The molecule has 1 fully saturated rings. The minimum absolute atomic E-state index is 0.201. The van der Waals surface area contributed by atoms with E-state index in [2.05, 4.69) is 35.9 Å². The molecule has 0 saturated carbocycles. The zero-order chi connectivity index (χ0) is 13.9. The molecule has 1 atom stereocenters. The van der Waals surface area contributed by atoms with E-state index in [-0.39, 0.29) is 6.04 Å². The van der Waals surface area contributed by atoms with E-state index in [9.17, 15) is 0 Å². The Kier molecular flexibility index (Phi) is 4.46. The Morgan fingerprint density at radius 3 is 2.74 bits per heavy atom. The van der Waals surface area contributed by atoms with Crippen LogP contribution in [-0.4, -0.2) is 24.1 Å². The lowest BCUT2D eigenvalue weighted by atomic mass is 9.85. The molecule has 3 nitrogen and oxygen atoms in total. The van der Waals surface area contributed by atoms with Gasteiger partial charge in [0.15, 0.2) is 0 Å². The topological polar surface area (TPSA) is 42.1 Å². The molecule has 3 heteroatoms. The number of nitrogens with zero attached hydrogens (tertiary/aromatic N) is 2. The second kappa shape index (κ2) is 5.91. The lowest BCUT2D eigenvalue weighted by molar-refractivity contribution is 0.325. The van der Waals surface area contributed by atoms with Crippen LogP contribution in [0, 0.1) is 5.41 Å². The smallest absolute Gasteiger partial charge is 0.128 e. The third-order valence-electron chi connectivity index (χ3n) is 4.03. The maximum atomic E-state index is 5.82. The van der Waals surface area contributed by atoms with E-state index in [1.54, 1.807) is 0 Å². The van der Waals surface area contributed by atoms with Gasteiger partial charge in [0.2, 0.25) is 0 Å². The van der Waals surface area contributed by atoms with Crippen molar-refractivity contribution in [3.63, 3.8) is 0 Å². The second-order valence-electron chi connectivity index (χ2n) is 6.71. The number of nitrogens with two attached hydrogens (primary N) is 1. The molecule has 0 aliphatic carbocycles. The Hall–Kier alpha value is -1.09. The van der Waals surface area contributed by atoms with Crippen LogP contribution in [0.4, 0.5) is 5.82 Å². The van der Waals surface area contributed by atoms with Crippen LogP contribution in [-0.2, 0) is 6.42 Å². The molecule has 1 aromatic heterocycles. The molecular weight excluding hydrogens is 234 g/mol. The minimum atomic E-state index is 0.201. The predicted molar refractivity (Wildman–Crippen MR) is 81.4 cm³/mol. The lowest BCUT2D eigenvalue weighted by Gasteiger charge is -2.24. The van der Waals surface area contributed by atoms with Gasteiger partial charge in [0, 0.05) is 25.3 Å². The fourth-order valence-corrected chi connectivity index (χ4v) is 2.75. The van der Waals surface area contributed by atoms with Crippen molar-refractivity contribution in [1.29, 1.82) is 0 Å². The summed E-state index contributed by atoms with van der Waals surface area (Å²) in [6, 6.07) is 4.52. The van der Waals surface area contributed by atoms with Gasteiger partial charge in [0.1, 0.15) is 5.82 Å². The average Bonchev–Trinajstić information content (AvgIpc) is 2.51. The van der Waals surface area contributed by atoms with Crippen LogP contribution >= 0.6 is 0 Å². The van der Waals surface area contributed by atoms with Crippen LogP contribution in [0.15, 0.2) is 18.3 Å². The minimum Gasteiger partial charge on any atom is -0.357 e. The Morgan fingerprint density at radius 1 is 1.32 bits per heavy atom. The predicted octanol–water partition coefficient (Wildman–Crippen LogP) is 2.99. The lowest BCUT2D eigenvalue weighted by Crippen LogP contribution is -2.26. The molecule has 1 unspecified atom stereocenters. The fraction of sp³-hybridized carbons (Fsp3) is 0.688. The van der Waals surface area contributed by atoms with E-state index in [0.29, 0.717) is 5.41 Å². The van der Waals surface area contributed by atoms with Gasteiger partial charge in [-0.1, -0.05) is 19.9 Å². The first-order valence-electron chi connectivity index (χ1n) is 7.42. The summed E-state index contributed by atoms with van der Waals surface area (Å²) in [7, 11) is 0. The number of hydrogen-bond donors (Lipinski definition) is 1. The van der Waals surface area contributed by atoms with Crippen LogP contribution in [0.1, 0.15) is 45.6 Å². The van der Waals surface area contributed by atoms with Gasteiger partial charge in [0.05, 0.1) is 0 Å². The van der Waals surface area contributed by atoms with Crippen molar-refractivity contribution >= 4 is 5.82 Å². The van der Waals surface area contributed by atoms with Crippen LogP contribution < -0.4 is 10.6 Å². The standard InChI is InChI=1S/C16H27N3/c1-13(17)11-14-5-6-15(18-12-14)19-9-4-7-16(2,3)8-10-19/h5-6,12-13H,4,7-11,17H2,1-3H3. The van der Waals surface area contributed by atoms with Gasteiger partial charge in [-0.2, -0.15) is 0 Å². The number of aromatic nitrogens is 1. The van der Waals surface area contributed by atoms with E-state index in [0.717, 1.165) is 25.3 Å². The Bertz CT molecular complexity index is 395. The molecule has 2 rings (SSSR count).